The van der Waals surface area contributed by atoms with Gasteiger partial charge in [-0.1, -0.05) is 34.1 Å². The van der Waals surface area contributed by atoms with Gasteiger partial charge >= 0.3 is 0 Å². The Hall–Kier alpha value is -0.690. The highest BCUT2D eigenvalue weighted by Gasteiger charge is 2.27. The Bertz CT molecular complexity index is 551. The Morgan fingerprint density at radius 3 is 2.45 bits per heavy atom. The maximum Gasteiger partial charge on any atom is 0.173 e. The van der Waals surface area contributed by atoms with Gasteiger partial charge in [-0.2, -0.15) is 0 Å². The van der Waals surface area contributed by atoms with Crippen LogP contribution in [0, 0.1) is 0 Å². The van der Waals surface area contributed by atoms with E-state index in [1.165, 1.54) is 6.08 Å². The molecule has 20 heavy (non-hydrogen) atoms. The second-order valence-electron chi connectivity index (χ2n) is 4.87. The number of halogens is 1. The van der Waals surface area contributed by atoms with E-state index < -0.39 is 15.1 Å². The normalized spacial score (nSPS) is 18.6. The third kappa shape index (κ3) is 3.91. The van der Waals surface area contributed by atoms with Crippen LogP contribution < -0.4 is 5.32 Å². The summed E-state index contributed by atoms with van der Waals surface area (Å²) in [4.78, 5) is 1.97. The number of nitrogens with zero attached hydrogens (tertiary/aromatic N) is 1. The van der Waals surface area contributed by atoms with Crippen LogP contribution in [-0.4, -0.2) is 45.4 Å². The molecular formula is C14H19BrN2O2S. The van der Waals surface area contributed by atoms with E-state index in [0.717, 1.165) is 36.2 Å². The van der Waals surface area contributed by atoms with Gasteiger partial charge in [-0.25, -0.2) is 8.42 Å². The molecule has 0 saturated carbocycles. The van der Waals surface area contributed by atoms with Crippen molar-refractivity contribution in [2.75, 3.05) is 32.1 Å². The van der Waals surface area contributed by atoms with E-state index in [0.29, 0.717) is 0 Å². The van der Waals surface area contributed by atoms with Gasteiger partial charge in [-0.05, 0) is 17.7 Å². The fraction of sp³-hybridized carbons (Fsp3) is 0.429. The fourth-order valence-electron chi connectivity index (χ4n) is 2.32. The molecule has 0 aliphatic carbocycles. The van der Waals surface area contributed by atoms with Crippen molar-refractivity contribution in [3.05, 3.63) is 47.0 Å². The van der Waals surface area contributed by atoms with Crippen molar-refractivity contribution in [2.24, 2.45) is 0 Å². The van der Waals surface area contributed by atoms with Gasteiger partial charge in [0, 0.05) is 30.7 Å². The molecule has 0 spiro atoms. The molecule has 2 rings (SSSR count). The van der Waals surface area contributed by atoms with E-state index in [4.69, 9.17) is 0 Å². The Balaban J connectivity index is 2.16. The molecule has 1 aliphatic heterocycles. The quantitative estimate of drug-likeness (QED) is 0.817. The number of hydrogen-bond donors (Lipinski definition) is 1. The highest BCUT2D eigenvalue weighted by molar-refractivity contribution is 9.10. The second kappa shape index (κ2) is 6.85. The molecule has 4 nitrogen and oxygen atoms in total. The van der Waals surface area contributed by atoms with Crippen LogP contribution in [0.3, 0.4) is 0 Å². The monoisotopic (exact) mass is 358 g/mol. The Labute approximate surface area is 128 Å². The van der Waals surface area contributed by atoms with Crippen LogP contribution in [-0.2, 0) is 9.84 Å². The van der Waals surface area contributed by atoms with Crippen molar-refractivity contribution in [3.63, 3.8) is 0 Å². The first-order chi connectivity index (χ1) is 9.53. The van der Waals surface area contributed by atoms with Crippen molar-refractivity contribution in [1.82, 2.24) is 10.2 Å². The number of benzene rings is 1. The third-order valence-electron chi connectivity index (χ3n) is 3.37. The molecule has 110 valence electrons. The summed E-state index contributed by atoms with van der Waals surface area (Å²) in [5.41, 5.74) is 0.762. The molecule has 0 bridgehead atoms. The third-order valence-corrected chi connectivity index (χ3v) is 5.86. The highest BCUT2D eigenvalue weighted by Crippen LogP contribution is 2.26. The summed E-state index contributed by atoms with van der Waals surface area (Å²) in [5, 5.41) is 2.57. The summed E-state index contributed by atoms with van der Waals surface area (Å²) in [6, 6.07) is 7.36. The van der Waals surface area contributed by atoms with Crippen LogP contribution in [0.2, 0.25) is 0 Å². The van der Waals surface area contributed by atoms with Crippen LogP contribution in [0.4, 0.5) is 0 Å². The van der Waals surface area contributed by atoms with Gasteiger partial charge in [0.1, 0.15) is 11.1 Å². The van der Waals surface area contributed by atoms with E-state index in [1.54, 1.807) is 0 Å². The van der Waals surface area contributed by atoms with E-state index in [2.05, 4.69) is 27.8 Å². The lowest BCUT2D eigenvalue weighted by Crippen LogP contribution is -2.45. The Morgan fingerprint density at radius 2 is 1.90 bits per heavy atom. The molecule has 1 atom stereocenters. The topological polar surface area (TPSA) is 49.4 Å². The maximum absolute atomic E-state index is 12.6. The van der Waals surface area contributed by atoms with Crippen LogP contribution in [0.25, 0.3) is 0 Å². The number of nitrogens with one attached hydrogen (secondary N) is 1. The molecule has 1 N–H and O–H groups in total. The van der Waals surface area contributed by atoms with Gasteiger partial charge in [-0.15, -0.1) is 6.58 Å². The van der Waals surface area contributed by atoms with Crippen LogP contribution in [0.1, 0.15) is 10.8 Å². The number of rotatable bonds is 5. The zero-order chi connectivity index (χ0) is 14.6. The van der Waals surface area contributed by atoms with Crippen LogP contribution in [0.5, 0.6) is 0 Å². The fourth-order valence-corrected chi connectivity index (χ4v) is 4.37. The smallest absolute Gasteiger partial charge is 0.173 e. The largest absolute Gasteiger partial charge is 0.314 e. The molecule has 1 saturated heterocycles. The first-order valence-electron chi connectivity index (χ1n) is 6.55. The molecule has 0 aromatic heterocycles. The molecule has 0 amide bonds. The van der Waals surface area contributed by atoms with Crippen molar-refractivity contribution < 1.29 is 8.42 Å². The predicted molar refractivity (Wildman–Crippen MR) is 85.3 cm³/mol. The van der Waals surface area contributed by atoms with Crippen molar-refractivity contribution in [1.29, 1.82) is 0 Å². The average molecular weight is 359 g/mol. The molecule has 1 aromatic rings. The standard InChI is InChI=1S/C14H19BrN2O2S/c1-2-14(12-3-5-13(15)6-4-12)20(18,19)11-17-9-7-16-8-10-17/h2-6,14,16H,1,7-11H2. The van der Waals surface area contributed by atoms with Gasteiger partial charge in [0.15, 0.2) is 9.84 Å². The van der Waals surface area contributed by atoms with Crippen LogP contribution >= 0.6 is 15.9 Å². The molecule has 1 heterocycles. The molecular weight excluding hydrogens is 340 g/mol. The first kappa shape index (κ1) is 15.7. The van der Waals surface area contributed by atoms with E-state index >= 15 is 0 Å². The predicted octanol–water partition coefficient (Wildman–Crippen LogP) is 1.95. The van der Waals surface area contributed by atoms with Gasteiger partial charge in [-0.3, -0.25) is 4.90 Å². The first-order valence-corrected chi connectivity index (χ1v) is 9.06. The zero-order valence-corrected chi connectivity index (χ0v) is 13.7. The summed E-state index contributed by atoms with van der Waals surface area (Å²) in [7, 11) is -3.27. The molecule has 1 fully saturated rings. The number of sulfone groups is 1. The zero-order valence-electron chi connectivity index (χ0n) is 11.3. The lowest BCUT2D eigenvalue weighted by molar-refractivity contribution is 0.274. The second-order valence-corrected chi connectivity index (χ2v) is 7.88. The summed E-state index contributed by atoms with van der Waals surface area (Å²) in [6.45, 7) is 6.91. The minimum Gasteiger partial charge on any atom is -0.314 e. The SMILES string of the molecule is C=CC(c1ccc(Br)cc1)S(=O)(=O)CN1CCNCC1. The van der Waals surface area contributed by atoms with Gasteiger partial charge in [0.05, 0.1) is 0 Å². The summed E-state index contributed by atoms with van der Waals surface area (Å²) < 4.78 is 26.1. The Morgan fingerprint density at radius 1 is 1.30 bits per heavy atom. The summed E-state index contributed by atoms with van der Waals surface area (Å²) in [6.07, 6.45) is 1.51. The van der Waals surface area contributed by atoms with Crippen molar-refractivity contribution >= 4 is 25.8 Å². The van der Waals surface area contributed by atoms with Crippen molar-refractivity contribution in [3.8, 4) is 0 Å². The number of hydrogen-bond acceptors (Lipinski definition) is 4. The highest BCUT2D eigenvalue weighted by atomic mass is 79.9. The van der Waals surface area contributed by atoms with E-state index in [9.17, 15) is 8.42 Å². The van der Waals surface area contributed by atoms with Gasteiger partial charge < -0.3 is 5.32 Å². The molecule has 1 aliphatic rings. The minimum absolute atomic E-state index is 0.0848. The number of piperazine rings is 1. The lowest BCUT2D eigenvalue weighted by Gasteiger charge is -2.28. The van der Waals surface area contributed by atoms with Gasteiger partial charge in [0.2, 0.25) is 0 Å². The maximum atomic E-state index is 12.6. The summed E-state index contributed by atoms with van der Waals surface area (Å²) >= 11 is 3.36. The molecule has 6 heteroatoms. The van der Waals surface area contributed by atoms with Gasteiger partial charge in [0.25, 0.3) is 0 Å². The van der Waals surface area contributed by atoms with E-state index in [-0.39, 0.29) is 5.88 Å². The molecule has 0 radical (unpaired) electrons. The minimum atomic E-state index is -3.27. The Kier molecular flexibility index (Phi) is 5.37. The van der Waals surface area contributed by atoms with Crippen molar-refractivity contribution in [2.45, 2.75) is 5.25 Å². The molecule has 1 aromatic carbocycles. The van der Waals surface area contributed by atoms with E-state index in [1.807, 2.05) is 29.2 Å². The average Bonchev–Trinajstić information content (AvgIpc) is 2.42. The lowest BCUT2D eigenvalue weighted by atomic mass is 10.1. The van der Waals surface area contributed by atoms with Crippen LogP contribution in [0.15, 0.2) is 41.4 Å². The molecule has 1 unspecified atom stereocenters. The summed E-state index contributed by atoms with van der Waals surface area (Å²) in [5.74, 6) is 0.0848.